The van der Waals surface area contributed by atoms with Crippen molar-refractivity contribution in [2.45, 2.75) is 0 Å². The number of benzene rings is 1. The average molecular weight is 271 g/mol. The smallest absolute Gasteiger partial charge is 0.294 e. The summed E-state index contributed by atoms with van der Waals surface area (Å²) in [5, 5.41) is 6.00. The van der Waals surface area contributed by atoms with Gasteiger partial charge in [0.2, 0.25) is 5.76 Å². The van der Waals surface area contributed by atoms with Gasteiger partial charge in [-0.2, -0.15) is 0 Å². The zero-order chi connectivity index (χ0) is 14.3. The summed E-state index contributed by atoms with van der Waals surface area (Å²) in [6.07, 6.45) is 1.36. The van der Waals surface area contributed by atoms with Crippen LogP contribution in [-0.4, -0.2) is 34.8 Å². The van der Waals surface area contributed by atoms with Crippen LogP contribution >= 0.6 is 0 Å². The summed E-state index contributed by atoms with van der Waals surface area (Å²) in [5.74, 6) is -1.16. The number of amides is 3. The molecule has 1 N–H and O–H groups in total. The van der Waals surface area contributed by atoms with Gasteiger partial charge in [0, 0.05) is 18.8 Å². The molecule has 7 heteroatoms. The molecule has 0 saturated carbocycles. The number of carbonyl (C=O) groups is 3. The van der Waals surface area contributed by atoms with E-state index in [-0.39, 0.29) is 23.1 Å². The zero-order valence-electron chi connectivity index (χ0n) is 10.4. The number of anilines is 1. The number of carbonyl (C=O) groups excluding carboxylic acids is 3. The third-order valence-electron chi connectivity index (χ3n) is 3.01. The Morgan fingerprint density at radius 1 is 1.20 bits per heavy atom. The largest absolute Gasteiger partial charge is 0.351 e. The second-order valence-corrected chi connectivity index (χ2v) is 4.26. The molecule has 20 heavy (non-hydrogen) atoms. The highest BCUT2D eigenvalue weighted by Crippen LogP contribution is 2.24. The van der Waals surface area contributed by atoms with Crippen molar-refractivity contribution >= 4 is 23.4 Å². The highest BCUT2D eigenvalue weighted by atomic mass is 16.5. The summed E-state index contributed by atoms with van der Waals surface area (Å²) in [6.45, 7) is 0. The molecule has 7 nitrogen and oxygen atoms in total. The minimum absolute atomic E-state index is 0.0602. The van der Waals surface area contributed by atoms with Crippen LogP contribution in [0.3, 0.4) is 0 Å². The molecule has 0 radical (unpaired) electrons. The molecule has 2 heterocycles. The van der Waals surface area contributed by atoms with E-state index in [1.165, 1.54) is 31.4 Å². The fraction of sp³-hybridized carbons (Fsp3) is 0.0769. The standard InChI is InChI=1S/C13H9N3O4/c1-16-12(18)8-3-2-7(6-9(8)13(16)19)15-11(17)10-4-5-14-20-10/h2-6H,1H3,(H,15,17). The number of imide groups is 1. The Morgan fingerprint density at radius 3 is 2.65 bits per heavy atom. The predicted octanol–water partition coefficient (Wildman–Crippen LogP) is 1.15. The van der Waals surface area contributed by atoms with Crippen molar-refractivity contribution in [1.29, 1.82) is 0 Å². The fourth-order valence-corrected chi connectivity index (χ4v) is 1.96. The minimum atomic E-state index is -0.479. The molecule has 0 aliphatic carbocycles. The Kier molecular flexibility index (Phi) is 2.60. The maximum atomic E-state index is 11.8. The SMILES string of the molecule is CN1C(=O)c2ccc(NC(=O)c3ccno3)cc2C1=O. The lowest BCUT2D eigenvalue weighted by Gasteiger charge is -2.04. The summed E-state index contributed by atoms with van der Waals surface area (Å²) < 4.78 is 4.72. The lowest BCUT2D eigenvalue weighted by atomic mass is 10.1. The molecule has 100 valence electrons. The molecule has 0 bridgehead atoms. The van der Waals surface area contributed by atoms with Crippen LogP contribution in [0.2, 0.25) is 0 Å². The van der Waals surface area contributed by atoms with E-state index in [1.54, 1.807) is 6.07 Å². The first-order chi connectivity index (χ1) is 9.58. The highest BCUT2D eigenvalue weighted by molar-refractivity contribution is 6.21. The van der Waals surface area contributed by atoms with Crippen molar-refractivity contribution in [2.24, 2.45) is 0 Å². The number of aromatic nitrogens is 1. The number of hydrogen-bond donors (Lipinski definition) is 1. The first kappa shape index (κ1) is 12.1. The van der Waals surface area contributed by atoms with Gasteiger partial charge < -0.3 is 9.84 Å². The van der Waals surface area contributed by atoms with Crippen LogP contribution in [0.4, 0.5) is 5.69 Å². The summed E-state index contributed by atoms with van der Waals surface area (Å²) in [5.41, 5.74) is 1.00. The van der Waals surface area contributed by atoms with E-state index in [0.717, 1.165) is 4.90 Å². The lowest BCUT2D eigenvalue weighted by Crippen LogP contribution is -2.24. The number of rotatable bonds is 2. The Labute approximate surface area is 113 Å². The monoisotopic (exact) mass is 271 g/mol. The first-order valence-electron chi connectivity index (χ1n) is 5.76. The average Bonchev–Trinajstić information content (AvgIpc) is 3.04. The van der Waals surface area contributed by atoms with Crippen LogP contribution in [0.5, 0.6) is 0 Å². The lowest BCUT2D eigenvalue weighted by molar-refractivity contribution is 0.0692. The van der Waals surface area contributed by atoms with Gasteiger partial charge in [-0.1, -0.05) is 5.16 Å². The number of nitrogens with one attached hydrogen (secondary N) is 1. The van der Waals surface area contributed by atoms with Crippen molar-refractivity contribution in [2.75, 3.05) is 12.4 Å². The van der Waals surface area contributed by atoms with Gasteiger partial charge in [0.05, 0.1) is 17.3 Å². The van der Waals surface area contributed by atoms with Crippen molar-refractivity contribution in [3.63, 3.8) is 0 Å². The van der Waals surface area contributed by atoms with Gasteiger partial charge in [-0.25, -0.2) is 0 Å². The Hall–Kier alpha value is -2.96. The molecule has 0 saturated heterocycles. The summed E-state index contributed by atoms with van der Waals surface area (Å²) in [6, 6.07) is 5.95. The van der Waals surface area contributed by atoms with Gasteiger partial charge in [0.15, 0.2) is 0 Å². The fourth-order valence-electron chi connectivity index (χ4n) is 1.96. The molecule has 0 unspecified atom stereocenters. The van der Waals surface area contributed by atoms with Crippen LogP contribution < -0.4 is 5.32 Å². The minimum Gasteiger partial charge on any atom is -0.351 e. The molecular formula is C13H9N3O4. The van der Waals surface area contributed by atoms with Crippen LogP contribution in [0, 0.1) is 0 Å². The second kappa shape index (κ2) is 4.30. The van der Waals surface area contributed by atoms with Crippen molar-refractivity contribution < 1.29 is 18.9 Å². The van der Waals surface area contributed by atoms with Gasteiger partial charge in [-0.15, -0.1) is 0 Å². The zero-order valence-corrected chi connectivity index (χ0v) is 10.4. The van der Waals surface area contributed by atoms with Crippen molar-refractivity contribution in [1.82, 2.24) is 10.1 Å². The topological polar surface area (TPSA) is 92.5 Å². The van der Waals surface area contributed by atoms with Crippen LogP contribution in [0.25, 0.3) is 0 Å². The molecule has 3 rings (SSSR count). The van der Waals surface area contributed by atoms with E-state index in [2.05, 4.69) is 10.5 Å². The Balaban J connectivity index is 1.89. The van der Waals surface area contributed by atoms with Crippen molar-refractivity contribution in [3.05, 3.63) is 47.3 Å². The quantitative estimate of drug-likeness (QED) is 0.827. The molecule has 0 spiro atoms. The van der Waals surface area contributed by atoms with Gasteiger partial charge >= 0.3 is 0 Å². The number of fused-ring (bicyclic) bond motifs is 1. The third-order valence-corrected chi connectivity index (χ3v) is 3.01. The van der Waals surface area contributed by atoms with Gasteiger partial charge in [0.1, 0.15) is 0 Å². The number of hydrogen-bond acceptors (Lipinski definition) is 5. The van der Waals surface area contributed by atoms with Crippen LogP contribution in [0.1, 0.15) is 31.3 Å². The second-order valence-electron chi connectivity index (χ2n) is 4.26. The highest BCUT2D eigenvalue weighted by Gasteiger charge is 2.32. The molecule has 2 aromatic rings. The van der Waals surface area contributed by atoms with Crippen LogP contribution in [0.15, 0.2) is 35.0 Å². The van der Waals surface area contributed by atoms with E-state index in [9.17, 15) is 14.4 Å². The first-order valence-corrected chi connectivity index (χ1v) is 5.76. The maximum absolute atomic E-state index is 11.8. The van der Waals surface area contributed by atoms with E-state index in [1.807, 2.05) is 0 Å². The maximum Gasteiger partial charge on any atom is 0.294 e. The van der Waals surface area contributed by atoms with E-state index >= 15 is 0 Å². The number of nitrogens with zero attached hydrogens (tertiary/aromatic N) is 2. The molecule has 1 aromatic heterocycles. The third kappa shape index (κ3) is 1.76. The molecule has 1 aromatic carbocycles. The van der Waals surface area contributed by atoms with Gasteiger partial charge in [0.25, 0.3) is 17.7 Å². The molecule has 1 aliphatic heterocycles. The van der Waals surface area contributed by atoms with Crippen molar-refractivity contribution in [3.8, 4) is 0 Å². The van der Waals surface area contributed by atoms with E-state index in [0.29, 0.717) is 11.3 Å². The molecular weight excluding hydrogens is 262 g/mol. The Bertz CT molecular complexity index is 721. The molecule has 0 fully saturated rings. The Morgan fingerprint density at radius 2 is 1.95 bits per heavy atom. The predicted molar refractivity (Wildman–Crippen MR) is 67.3 cm³/mol. The van der Waals surface area contributed by atoms with E-state index < -0.39 is 5.91 Å². The molecule has 0 atom stereocenters. The summed E-state index contributed by atoms with van der Waals surface area (Å²) in [4.78, 5) is 36.4. The van der Waals surface area contributed by atoms with Gasteiger partial charge in [-0.05, 0) is 18.2 Å². The van der Waals surface area contributed by atoms with Gasteiger partial charge in [-0.3, -0.25) is 19.3 Å². The molecule has 1 aliphatic rings. The summed E-state index contributed by atoms with van der Waals surface area (Å²) in [7, 11) is 1.41. The normalized spacial score (nSPS) is 13.6. The summed E-state index contributed by atoms with van der Waals surface area (Å²) >= 11 is 0. The van der Waals surface area contributed by atoms with Crippen LogP contribution in [-0.2, 0) is 0 Å². The molecule has 3 amide bonds. The van der Waals surface area contributed by atoms with E-state index in [4.69, 9.17) is 4.52 Å².